The molecule has 1 heterocycles. The van der Waals surface area contributed by atoms with Gasteiger partial charge in [0.1, 0.15) is 0 Å². The fraction of sp³-hybridized carbons (Fsp3) is 0.294. The van der Waals surface area contributed by atoms with Crippen LogP contribution in [0.15, 0.2) is 42.5 Å². The normalized spacial score (nSPS) is 15.6. The van der Waals surface area contributed by atoms with E-state index in [1.165, 1.54) is 17.2 Å². The van der Waals surface area contributed by atoms with Gasteiger partial charge in [-0.1, -0.05) is 24.3 Å². The van der Waals surface area contributed by atoms with Crippen LogP contribution in [0.3, 0.4) is 0 Å². The first kappa shape index (κ1) is 14.9. The predicted octanol–water partition coefficient (Wildman–Crippen LogP) is 2.75. The second-order valence-electron chi connectivity index (χ2n) is 5.60. The molecule has 0 aromatic heterocycles. The van der Waals surface area contributed by atoms with E-state index in [-0.39, 0.29) is 6.54 Å². The van der Waals surface area contributed by atoms with Gasteiger partial charge in [-0.3, -0.25) is 4.90 Å². The van der Waals surface area contributed by atoms with Gasteiger partial charge in [0.15, 0.2) is 11.6 Å². The average Bonchev–Trinajstić information content (AvgIpc) is 2.90. The first-order valence-electron chi connectivity index (χ1n) is 7.28. The van der Waals surface area contributed by atoms with E-state index in [9.17, 15) is 13.9 Å². The molecule has 0 aliphatic carbocycles. The van der Waals surface area contributed by atoms with Crippen LogP contribution in [0.1, 0.15) is 11.1 Å². The summed E-state index contributed by atoms with van der Waals surface area (Å²) < 4.78 is 25.9. The highest BCUT2D eigenvalue weighted by atomic mass is 19.2. The number of aliphatic hydroxyl groups excluding tert-OH is 1. The molecule has 2 aromatic carbocycles. The zero-order valence-corrected chi connectivity index (χ0v) is 12.1. The van der Waals surface area contributed by atoms with Crippen LogP contribution in [-0.2, 0) is 13.1 Å². The Hall–Kier alpha value is -1.98. The van der Waals surface area contributed by atoms with E-state index in [0.717, 1.165) is 25.2 Å². The van der Waals surface area contributed by atoms with Crippen molar-refractivity contribution in [1.29, 1.82) is 0 Å². The number of halogens is 2. The fourth-order valence-electron chi connectivity index (χ4n) is 2.74. The van der Waals surface area contributed by atoms with Crippen LogP contribution in [0.4, 0.5) is 14.5 Å². The number of aliphatic hydroxyl groups is 1. The van der Waals surface area contributed by atoms with Crippen LogP contribution in [0.5, 0.6) is 0 Å². The van der Waals surface area contributed by atoms with Gasteiger partial charge < -0.3 is 10.4 Å². The molecule has 0 saturated carbocycles. The first-order chi connectivity index (χ1) is 10.6. The molecule has 22 heavy (non-hydrogen) atoms. The summed E-state index contributed by atoms with van der Waals surface area (Å²) in [7, 11) is 0. The summed E-state index contributed by atoms with van der Waals surface area (Å²) in [5.74, 6) is -1.77. The topological polar surface area (TPSA) is 35.5 Å². The van der Waals surface area contributed by atoms with Gasteiger partial charge in [-0.05, 0) is 23.3 Å². The van der Waals surface area contributed by atoms with Crippen molar-refractivity contribution in [2.24, 2.45) is 0 Å². The Morgan fingerprint density at radius 2 is 1.73 bits per heavy atom. The van der Waals surface area contributed by atoms with E-state index >= 15 is 0 Å². The highest BCUT2D eigenvalue weighted by Gasteiger charge is 2.20. The van der Waals surface area contributed by atoms with Gasteiger partial charge in [0, 0.05) is 37.9 Å². The van der Waals surface area contributed by atoms with E-state index in [4.69, 9.17) is 0 Å². The predicted molar refractivity (Wildman–Crippen MR) is 81.4 cm³/mol. The van der Waals surface area contributed by atoms with Crippen molar-refractivity contribution in [1.82, 2.24) is 4.90 Å². The van der Waals surface area contributed by atoms with E-state index in [0.29, 0.717) is 12.2 Å². The fourth-order valence-corrected chi connectivity index (χ4v) is 2.74. The van der Waals surface area contributed by atoms with Gasteiger partial charge in [-0.2, -0.15) is 0 Å². The molecule has 1 aliphatic heterocycles. The molecule has 0 fully saturated rings. The van der Waals surface area contributed by atoms with Gasteiger partial charge in [0.2, 0.25) is 0 Å². The molecule has 0 amide bonds. The molecule has 1 atom stereocenters. The monoisotopic (exact) mass is 304 g/mol. The third kappa shape index (κ3) is 3.43. The lowest BCUT2D eigenvalue weighted by Crippen LogP contribution is -2.33. The zero-order chi connectivity index (χ0) is 15.5. The number of anilines is 1. The highest BCUT2D eigenvalue weighted by molar-refractivity contribution is 5.43. The number of β-amino-alcohol motifs (C(OH)–C–C–N with tert-alkyl or cyclic N) is 1. The molecule has 116 valence electrons. The van der Waals surface area contributed by atoms with Crippen molar-refractivity contribution in [3.8, 4) is 0 Å². The summed E-state index contributed by atoms with van der Waals surface area (Å²) in [6, 6.07) is 11.8. The maximum Gasteiger partial charge on any atom is 0.160 e. The van der Waals surface area contributed by atoms with Crippen molar-refractivity contribution in [2.75, 3.05) is 18.4 Å². The van der Waals surface area contributed by atoms with Crippen molar-refractivity contribution >= 4 is 5.69 Å². The van der Waals surface area contributed by atoms with Gasteiger partial charge in [-0.25, -0.2) is 8.78 Å². The number of hydrogen-bond donors (Lipinski definition) is 2. The van der Waals surface area contributed by atoms with Crippen LogP contribution in [0, 0.1) is 11.6 Å². The first-order valence-corrected chi connectivity index (χ1v) is 7.28. The Balaban J connectivity index is 1.49. The minimum absolute atomic E-state index is 0.290. The van der Waals surface area contributed by atoms with Gasteiger partial charge >= 0.3 is 0 Å². The Morgan fingerprint density at radius 1 is 1.05 bits per heavy atom. The quantitative estimate of drug-likeness (QED) is 0.891. The summed E-state index contributed by atoms with van der Waals surface area (Å²) in [4.78, 5) is 2.17. The summed E-state index contributed by atoms with van der Waals surface area (Å²) in [5, 5.41) is 13.0. The number of fused-ring (bicyclic) bond motifs is 1. The molecule has 1 aliphatic rings. The Labute approximate surface area is 128 Å². The standard InChI is InChI=1S/C17H18F2N2O/c18-16-6-5-14(7-17(16)19)20-8-15(22)11-21-9-12-3-1-2-4-13(12)10-21/h1-7,15,20,22H,8-11H2/t15-/m1/s1. The molecule has 2 aromatic rings. The minimum atomic E-state index is -0.894. The maximum atomic E-state index is 13.1. The van der Waals surface area contributed by atoms with E-state index in [1.54, 1.807) is 0 Å². The third-order valence-corrected chi connectivity index (χ3v) is 3.84. The number of nitrogens with zero attached hydrogens (tertiary/aromatic N) is 1. The minimum Gasteiger partial charge on any atom is -0.390 e. The maximum absolute atomic E-state index is 13.1. The molecular weight excluding hydrogens is 286 g/mol. The van der Waals surface area contributed by atoms with E-state index in [1.807, 2.05) is 12.1 Å². The summed E-state index contributed by atoms with van der Waals surface area (Å²) in [6.07, 6.45) is -0.581. The lowest BCUT2D eigenvalue weighted by Gasteiger charge is -2.20. The van der Waals surface area contributed by atoms with Crippen molar-refractivity contribution in [2.45, 2.75) is 19.2 Å². The lowest BCUT2D eigenvalue weighted by molar-refractivity contribution is 0.121. The molecule has 2 N–H and O–H groups in total. The van der Waals surface area contributed by atoms with Crippen LogP contribution in [-0.4, -0.2) is 29.2 Å². The molecule has 0 spiro atoms. The van der Waals surface area contributed by atoms with Crippen LogP contribution < -0.4 is 5.32 Å². The second kappa shape index (κ2) is 6.42. The van der Waals surface area contributed by atoms with E-state index in [2.05, 4.69) is 22.3 Å². The number of hydrogen-bond acceptors (Lipinski definition) is 3. The highest BCUT2D eigenvalue weighted by Crippen LogP contribution is 2.22. The van der Waals surface area contributed by atoms with Crippen LogP contribution in [0.2, 0.25) is 0 Å². The van der Waals surface area contributed by atoms with Crippen LogP contribution in [0.25, 0.3) is 0 Å². The van der Waals surface area contributed by atoms with Crippen molar-refractivity contribution < 1.29 is 13.9 Å². The zero-order valence-electron chi connectivity index (χ0n) is 12.1. The number of benzene rings is 2. The van der Waals surface area contributed by atoms with Gasteiger partial charge in [-0.15, -0.1) is 0 Å². The Kier molecular flexibility index (Phi) is 4.36. The molecule has 3 nitrogen and oxygen atoms in total. The molecule has 0 unspecified atom stereocenters. The average molecular weight is 304 g/mol. The van der Waals surface area contributed by atoms with Crippen LogP contribution >= 0.6 is 0 Å². The largest absolute Gasteiger partial charge is 0.390 e. The Morgan fingerprint density at radius 3 is 2.36 bits per heavy atom. The number of nitrogens with one attached hydrogen (secondary N) is 1. The summed E-state index contributed by atoms with van der Waals surface area (Å²) >= 11 is 0. The Bertz CT molecular complexity index is 638. The molecule has 3 rings (SSSR count). The van der Waals surface area contributed by atoms with Crippen molar-refractivity contribution in [3.05, 3.63) is 65.2 Å². The summed E-state index contributed by atoms with van der Waals surface area (Å²) in [5.41, 5.74) is 3.05. The van der Waals surface area contributed by atoms with Gasteiger partial charge in [0.05, 0.1) is 6.10 Å². The van der Waals surface area contributed by atoms with Crippen molar-refractivity contribution in [3.63, 3.8) is 0 Å². The SMILES string of the molecule is O[C@H](CNc1ccc(F)c(F)c1)CN1Cc2ccccc2C1. The molecule has 0 radical (unpaired) electrons. The van der Waals surface area contributed by atoms with Gasteiger partial charge in [0.25, 0.3) is 0 Å². The number of rotatable bonds is 5. The third-order valence-electron chi connectivity index (χ3n) is 3.84. The smallest absolute Gasteiger partial charge is 0.160 e. The molecule has 0 saturated heterocycles. The second-order valence-corrected chi connectivity index (χ2v) is 5.60. The lowest BCUT2D eigenvalue weighted by atomic mass is 10.1. The summed E-state index contributed by atoms with van der Waals surface area (Å²) in [6.45, 7) is 2.49. The molecule has 0 bridgehead atoms. The molecule has 5 heteroatoms. The molecular formula is C17H18F2N2O. The van der Waals surface area contributed by atoms with E-state index < -0.39 is 17.7 Å².